The second-order valence-electron chi connectivity index (χ2n) is 6.18. The van der Waals surface area contributed by atoms with Gasteiger partial charge in [-0.2, -0.15) is 0 Å². The SMILES string of the molecule is CC(NCC1CCCCC1C)C(=O)N1CCCC1. The molecule has 0 aromatic rings. The minimum absolute atomic E-state index is 0.00257. The molecular formula is C15H28N2O. The average molecular weight is 252 g/mol. The summed E-state index contributed by atoms with van der Waals surface area (Å²) in [5, 5.41) is 3.47. The number of hydrogen-bond acceptors (Lipinski definition) is 2. The predicted molar refractivity (Wildman–Crippen MR) is 74.4 cm³/mol. The van der Waals surface area contributed by atoms with Crippen LogP contribution in [-0.2, 0) is 4.79 Å². The molecular weight excluding hydrogens is 224 g/mol. The highest BCUT2D eigenvalue weighted by Gasteiger charge is 2.25. The molecule has 1 N–H and O–H groups in total. The summed E-state index contributed by atoms with van der Waals surface area (Å²) >= 11 is 0. The molecule has 1 saturated carbocycles. The second-order valence-corrected chi connectivity index (χ2v) is 6.18. The molecule has 3 heteroatoms. The highest BCUT2D eigenvalue weighted by Crippen LogP contribution is 2.28. The highest BCUT2D eigenvalue weighted by atomic mass is 16.2. The van der Waals surface area contributed by atoms with Crippen molar-refractivity contribution in [3.05, 3.63) is 0 Å². The largest absolute Gasteiger partial charge is 0.341 e. The highest BCUT2D eigenvalue weighted by molar-refractivity contribution is 5.81. The third-order valence-corrected chi connectivity index (χ3v) is 4.76. The van der Waals surface area contributed by atoms with Crippen molar-refractivity contribution >= 4 is 5.91 Å². The molecule has 0 bridgehead atoms. The minimum atomic E-state index is -0.00257. The van der Waals surface area contributed by atoms with Gasteiger partial charge in [-0.25, -0.2) is 0 Å². The Balaban J connectivity index is 1.73. The zero-order valence-electron chi connectivity index (χ0n) is 12.0. The minimum Gasteiger partial charge on any atom is -0.341 e. The van der Waals surface area contributed by atoms with Crippen molar-refractivity contribution in [1.29, 1.82) is 0 Å². The summed E-state index contributed by atoms with van der Waals surface area (Å²) in [6, 6.07) is -0.00257. The van der Waals surface area contributed by atoms with Crippen molar-refractivity contribution in [1.82, 2.24) is 10.2 Å². The van der Waals surface area contributed by atoms with Gasteiger partial charge in [-0.15, -0.1) is 0 Å². The van der Waals surface area contributed by atoms with Crippen LogP contribution in [0.3, 0.4) is 0 Å². The van der Waals surface area contributed by atoms with E-state index in [0.29, 0.717) is 5.91 Å². The first-order chi connectivity index (χ1) is 8.68. The Morgan fingerprint density at radius 3 is 2.56 bits per heavy atom. The number of amides is 1. The summed E-state index contributed by atoms with van der Waals surface area (Å²) in [5.74, 6) is 1.89. The van der Waals surface area contributed by atoms with Crippen LogP contribution < -0.4 is 5.32 Å². The van der Waals surface area contributed by atoms with Gasteiger partial charge in [0.25, 0.3) is 0 Å². The standard InChI is InChI=1S/C15H28N2O/c1-12-7-3-4-8-14(12)11-16-13(2)15(18)17-9-5-6-10-17/h12-14,16H,3-11H2,1-2H3. The first-order valence-electron chi connectivity index (χ1n) is 7.70. The summed E-state index contributed by atoms with van der Waals surface area (Å²) in [6.45, 7) is 7.32. The Hall–Kier alpha value is -0.570. The van der Waals surface area contributed by atoms with Crippen LogP contribution in [-0.4, -0.2) is 36.5 Å². The lowest BCUT2D eigenvalue weighted by molar-refractivity contribution is -0.132. The van der Waals surface area contributed by atoms with E-state index in [1.54, 1.807) is 0 Å². The van der Waals surface area contributed by atoms with Crippen LogP contribution in [0.1, 0.15) is 52.4 Å². The Labute approximate surface area is 111 Å². The van der Waals surface area contributed by atoms with Crippen LogP contribution in [0, 0.1) is 11.8 Å². The summed E-state index contributed by atoms with van der Waals surface area (Å²) in [5.41, 5.74) is 0. The molecule has 0 aromatic heterocycles. The average Bonchev–Trinajstić information content (AvgIpc) is 2.90. The molecule has 3 unspecified atom stereocenters. The maximum Gasteiger partial charge on any atom is 0.239 e. The molecule has 2 aliphatic rings. The molecule has 104 valence electrons. The Morgan fingerprint density at radius 2 is 1.89 bits per heavy atom. The van der Waals surface area contributed by atoms with Crippen LogP contribution in [0.4, 0.5) is 0 Å². The molecule has 1 aliphatic carbocycles. The van der Waals surface area contributed by atoms with E-state index in [0.717, 1.165) is 31.5 Å². The molecule has 1 amide bonds. The van der Waals surface area contributed by atoms with E-state index in [-0.39, 0.29) is 6.04 Å². The molecule has 2 rings (SSSR count). The number of carbonyl (C=O) groups is 1. The molecule has 2 fully saturated rings. The van der Waals surface area contributed by atoms with Crippen LogP contribution in [0.5, 0.6) is 0 Å². The fraction of sp³-hybridized carbons (Fsp3) is 0.933. The molecule has 0 aromatic carbocycles. The van der Waals surface area contributed by atoms with E-state index in [4.69, 9.17) is 0 Å². The van der Waals surface area contributed by atoms with Gasteiger partial charge in [-0.3, -0.25) is 4.79 Å². The van der Waals surface area contributed by atoms with Gasteiger partial charge >= 0.3 is 0 Å². The van der Waals surface area contributed by atoms with Crippen molar-refractivity contribution in [2.75, 3.05) is 19.6 Å². The molecule has 1 heterocycles. The quantitative estimate of drug-likeness (QED) is 0.833. The van der Waals surface area contributed by atoms with E-state index in [9.17, 15) is 4.79 Å². The number of rotatable bonds is 4. The van der Waals surface area contributed by atoms with Crippen LogP contribution >= 0.6 is 0 Å². The van der Waals surface area contributed by atoms with E-state index in [2.05, 4.69) is 12.2 Å². The lowest BCUT2D eigenvalue weighted by atomic mass is 9.80. The van der Waals surface area contributed by atoms with Crippen molar-refractivity contribution in [2.45, 2.75) is 58.4 Å². The molecule has 1 saturated heterocycles. The first-order valence-corrected chi connectivity index (χ1v) is 7.70. The van der Waals surface area contributed by atoms with Crippen LogP contribution in [0.2, 0.25) is 0 Å². The van der Waals surface area contributed by atoms with Crippen molar-refractivity contribution in [3.63, 3.8) is 0 Å². The predicted octanol–water partition coefficient (Wildman–Crippen LogP) is 2.41. The van der Waals surface area contributed by atoms with Crippen molar-refractivity contribution in [3.8, 4) is 0 Å². The Bertz CT molecular complexity index is 274. The van der Waals surface area contributed by atoms with Crippen molar-refractivity contribution < 1.29 is 4.79 Å². The summed E-state index contributed by atoms with van der Waals surface area (Å²) in [6.07, 6.45) is 7.81. The third-order valence-electron chi connectivity index (χ3n) is 4.76. The fourth-order valence-electron chi connectivity index (χ4n) is 3.32. The molecule has 0 spiro atoms. The zero-order chi connectivity index (χ0) is 13.0. The number of nitrogens with zero attached hydrogens (tertiary/aromatic N) is 1. The Kier molecular flexibility index (Phi) is 5.04. The van der Waals surface area contributed by atoms with Gasteiger partial charge in [-0.1, -0.05) is 26.2 Å². The van der Waals surface area contributed by atoms with Gasteiger partial charge in [0.15, 0.2) is 0 Å². The lowest BCUT2D eigenvalue weighted by Crippen LogP contribution is -2.45. The van der Waals surface area contributed by atoms with Crippen LogP contribution in [0.25, 0.3) is 0 Å². The molecule has 1 aliphatic heterocycles. The van der Waals surface area contributed by atoms with Gasteiger partial charge in [0.05, 0.1) is 6.04 Å². The van der Waals surface area contributed by atoms with Gasteiger partial charge in [0, 0.05) is 13.1 Å². The monoisotopic (exact) mass is 252 g/mol. The summed E-state index contributed by atoms with van der Waals surface area (Å²) in [7, 11) is 0. The second kappa shape index (κ2) is 6.55. The number of likely N-dealkylation sites (tertiary alicyclic amines) is 1. The van der Waals surface area contributed by atoms with Gasteiger partial charge in [0.1, 0.15) is 0 Å². The number of hydrogen-bond donors (Lipinski definition) is 1. The number of nitrogens with one attached hydrogen (secondary N) is 1. The summed E-state index contributed by atoms with van der Waals surface area (Å²) in [4.78, 5) is 14.2. The maximum absolute atomic E-state index is 12.2. The van der Waals surface area contributed by atoms with Gasteiger partial charge in [-0.05, 0) is 44.6 Å². The van der Waals surface area contributed by atoms with E-state index in [1.807, 2.05) is 11.8 Å². The molecule has 3 nitrogen and oxygen atoms in total. The van der Waals surface area contributed by atoms with E-state index < -0.39 is 0 Å². The topological polar surface area (TPSA) is 32.3 Å². The molecule has 3 atom stereocenters. The normalized spacial score (nSPS) is 30.4. The maximum atomic E-state index is 12.2. The van der Waals surface area contributed by atoms with Gasteiger partial charge < -0.3 is 10.2 Å². The first kappa shape index (κ1) is 13.9. The summed E-state index contributed by atoms with van der Waals surface area (Å²) < 4.78 is 0. The smallest absolute Gasteiger partial charge is 0.239 e. The molecule has 0 radical (unpaired) electrons. The van der Waals surface area contributed by atoms with Crippen molar-refractivity contribution in [2.24, 2.45) is 11.8 Å². The van der Waals surface area contributed by atoms with Gasteiger partial charge in [0.2, 0.25) is 5.91 Å². The third kappa shape index (κ3) is 3.47. The van der Waals surface area contributed by atoms with E-state index in [1.165, 1.54) is 38.5 Å². The fourth-order valence-corrected chi connectivity index (χ4v) is 3.32. The van der Waals surface area contributed by atoms with Crippen LogP contribution in [0.15, 0.2) is 0 Å². The lowest BCUT2D eigenvalue weighted by Gasteiger charge is -2.30. The zero-order valence-corrected chi connectivity index (χ0v) is 12.0. The van der Waals surface area contributed by atoms with E-state index >= 15 is 0 Å². The molecule has 18 heavy (non-hydrogen) atoms. The number of carbonyl (C=O) groups excluding carboxylic acids is 1. The Morgan fingerprint density at radius 1 is 1.22 bits per heavy atom.